The van der Waals surface area contributed by atoms with Gasteiger partial charge in [-0.3, -0.25) is 4.79 Å². The number of thioether (sulfide) groups is 1. The summed E-state index contributed by atoms with van der Waals surface area (Å²) in [5.74, 6) is 0.0893. The zero-order valence-corrected chi connectivity index (χ0v) is 14.0. The van der Waals surface area contributed by atoms with Crippen molar-refractivity contribution < 1.29 is 4.79 Å². The number of carbonyl (C=O) groups is 1. The summed E-state index contributed by atoms with van der Waals surface area (Å²) in [6.07, 6.45) is 7.94. The average molecular weight is 327 g/mol. The fourth-order valence-corrected chi connectivity index (χ4v) is 4.03. The smallest absolute Gasteiger partial charge is 0.251 e. The van der Waals surface area contributed by atoms with Crippen molar-refractivity contribution in [2.75, 3.05) is 18.1 Å². The van der Waals surface area contributed by atoms with Crippen LogP contribution in [0.4, 0.5) is 5.69 Å². The fourth-order valence-electron chi connectivity index (χ4n) is 3.20. The second-order valence-electron chi connectivity index (χ2n) is 5.74. The molecule has 21 heavy (non-hydrogen) atoms. The van der Waals surface area contributed by atoms with Crippen LogP contribution in [0.25, 0.3) is 0 Å². The first kappa shape index (κ1) is 16.5. The van der Waals surface area contributed by atoms with Crippen molar-refractivity contribution in [1.82, 2.24) is 5.32 Å². The summed E-state index contributed by atoms with van der Waals surface area (Å²) >= 11 is 1.93. The van der Waals surface area contributed by atoms with Gasteiger partial charge in [0.2, 0.25) is 0 Å². The minimum Gasteiger partial charge on any atom is -0.384 e. The van der Waals surface area contributed by atoms with E-state index in [-0.39, 0.29) is 18.3 Å². The van der Waals surface area contributed by atoms with Gasteiger partial charge in [-0.2, -0.15) is 11.8 Å². The SMILES string of the molecule is CSC1CCCC(NC(=O)c2ccc3c(c2)CCN3)C1.Cl. The Hall–Kier alpha value is -0.870. The van der Waals surface area contributed by atoms with E-state index in [9.17, 15) is 4.79 Å². The maximum atomic E-state index is 12.4. The molecule has 1 aliphatic heterocycles. The van der Waals surface area contributed by atoms with E-state index in [1.807, 2.05) is 30.0 Å². The van der Waals surface area contributed by atoms with Gasteiger partial charge in [-0.1, -0.05) is 6.42 Å². The molecule has 1 fully saturated rings. The lowest BCUT2D eigenvalue weighted by Crippen LogP contribution is -2.39. The Morgan fingerprint density at radius 3 is 3.05 bits per heavy atom. The summed E-state index contributed by atoms with van der Waals surface area (Å²) in [5, 5.41) is 7.25. The van der Waals surface area contributed by atoms with E-state index in [1.54, 1.807) is 0 Å². The molecule has 0 radical (unpaired) electrons. The van der Waals surface area contributed by atoms with E-state index in [4.69, 9.17) is 0 Å². The minimum atomic E-state index is 0. The van der Waals surface area contributed by atoms with Gasteiger partial charge >= 0.3 is 0 Å². The average Bonchev–Trinajstić information content (AvgIpc) is 2.94. The molecule has 3 rings (SSSR count). The maximum absolute atomic E-state index is 12.4. The van der Waals surface area contributed by atoms with Crippen molar-refractivity contribution in [3.05, 3.63) is 29.3 Å². The van der Waals surface area contributed by atoms with Crippen LogP contribution in [0, 0.1) is 0 Å². The van der Waals surface area contributed by atoms with Crippen LogP contribution in [0.3, 0.4) is 0 Å². The Labute approximate surface area is 137 Å². The molecule has 0 bridgehead atoms. The zero-order chi connectivity index (χ0) is 13.9. The molecule has 2 aliphatic rings. The Morgan fingerprint density at radius 1 is 1.38 bits per heavy atom. The lowest BCUT2D eigenvalue weighted by atomic mass is 9.94. The fraction of sp³-hybridized carbons (Fsp3) is 0.562. The van der Waals surface area contributed by atoms with E-state index in [0.29, 0.717) is 11.3 Å². The van der Waals surface area contributed by atoms with Crippen LogP contribution in [0.15, 0.2) is 18.2 Å². The predicted molar refractivity (Wildman–Crippen MR) is 92.9 cm³/mol. The molecular weight excluding hydrogens is 304 g/mol. The Morgan fingerprint density at radius 2 is 2.24 bits per heavy atom. The van der Waals surface area contributed by atoms with E-state index in [0.717, 1.165) is 31.4 Å². The summed E-state index contributed by atoms with van der Waals surface area (Å²) in [7, 11) is 0. The van der Waals surface area contributed by atoms with E-state index >= 15 is 0 Å². The molecule has 1 aromatic carbocycles. The second-order valence-corrected chi connectivity index (χ2v) is 6.88. The minimum absolute atomic E-state index is 0. The van der Waals surface area contributed by atoms with Crippen molar-refractivity contribution in [2.45, 2.75) is 43.4 Å². The molecule has 2 unspecified atom stereocenters. The summed E-state index contributed by atoms with van der Waals surface area (Å²) in [5.41, 5.74) is 3.25. The molecule has 1 heterocycles. The van der Waals surface area contributed by atoms with Crippen molar-refractivity contribution in [3.63, 3.8) is 0 Å². The summed E-state index contributed by atoms with van der Waals surface area (Å²) in [4.78, 5) is 12.4. The number of nitrogens with one attached hydrogen (secondary N) is 2. The van der Waals surface area contributed by atoms with Gasteiger partial charge in [0.15, 0.2) is 0 Å². The zero-order valence-electron chi connectivity index (χ0n) is 12.4. The van der Waals surface area contributed by atoms with E-state index in [1.165, 1.54) is 24.1 Å². The summed E-state index contributed by atoms with van der Waals surface area (Å²) in [6.45, 7) is 0.985. The lowest BCUT2D eigenvalue weighted by molar-refractivity contribution is 0.0928. The molecular formula is C16H23ClN2OS. The number of hydrogen-bond acceptors (Lipinski definition) is 3. The lowest BCUT2D eigenvalue weighted by Gasteiger charge is -2.28. The van der Waals surface area contributed by atoms with Crippen molar-refractivity contribution in [2.24, 2.45) is 0 Å². The summed E-state index contributed by atoms with van der Waals surface area (Å²) in [6, 6.07) is 6.35. The third-order valence-electron chi connectivity index (χ3n) is 4.37. The molecule has 1 aromatic rings. The highest BCUT2D eigenvalue weighted by Gasteiger charge is 2.23. The first-order valence-electron chi connectivity index (χ1n) is 7.46. The molecule has 1 amide bonds. The van der Waals surface area contributed by atoms with Gasteiger partial charge in [0, 0.05) is 29.1 Å². The predicted octanol–water partition coefficient (Wildman–Crippen LogP) is 3.48. The Bertz CT molecular complexity index is 509. The molecule has 3 nitrogen and oxygen atoms in total. The van der Waals surface area contributed by atoms with Gasteiger partial charge < -0.3 is 10.6 Å². The van der Waals surface area contributed by atoms with Gasteiger partial charge in [-0.25, -0.2) is 0 Å². The van der Waals surface area contributed by atoms with Gasteiger partial charge in [0.05, 0.1) is 0 Å². The van der Waals surface area contributed by atoms with Crippen molar-refractivity contribution in [1.29, 1.82) is 0 Å². The first-order chi connectivity index (χ1) is 9.76. The van der Waals surface area contributed by atoms with Crippen LogP contribution in [-0.2, 0) is 6.42 Å². The van der Waals surface area contributed by atoms with Gasteiger partial charge in [-0.05, 0) is 55.7 Å². The van der Waals surface area contributed by atoms with Crippen LogP contribution >= 0.6 is 24.2 Å². The highest BCUT2D eigenvalue weighted by atomic mass is 35.5. The highest BCUT2D eigenvalue weighted by Crippen LogP contribution is 2.27. The third kappa shape index (κ3) is 3.86. The normalized spacial score (nSPS) is 23.7. The standard InChI is InChI=1S/C16H22N2OS.ClH/c1-20-14-4-2-3-13(10-14)18-16(19)12-5-6-15-11(9-12)7-8-17-15;/h5-6,9,13-14,17H,2-4,7-8,10H2,1H3,(H,18,19);1H. The van der Waals surface area contributed by atoms with Crippen molar-refractivity contribution >= 4 is 35.8 Å². The van der Waals surface area contributed by atoms with Crippen LogP contribution < -0.4 is 10.6 Å². The topological polar surface area (TPSA) is 41.1 Å². The molecule has 116 valence electrons. The number of carbonyl (C=O) groups excluding carboxylic acids is 1. The number of amides is 1. The van der Waals surface area contributed by atoms with Crippen LogP contribution in [0.2, 0.25) is 0 Å². The monoisotopic (exact) mass is 326 g/mol. The molecule has 1 aliphatic carbocycles. The molecule has 0 saturated heterocycles. The largest absolute Gasteiger partial charge is 0.384 e. The molecule has 5 heteroatoms. The number of fused-ring (bicyclic) bond motifs is 1. The summed E-state index contributed by atoms with van der Waals surface area (Å²) < 4.78 is 0. The number of halogens is 1. The molecule has 2 N–H and O–H groups in total. The molecule has 0 spiro atoms. The van der Waals surface area contributed by atoms with E-state index in [2.05, 4.69) is 16.9 Å². The maximum Gasteiger partial charge on any atom is 0.251 e. The van der Waals surface area contributed by atoms with Gasteiger partial charge in [0.1, 0.15) is 0 Å². The van der Waals surface area contributed by atoms with Gasteiger partial charge in [0.25, 0.3) is 5.91 Å². The number of rotatable bonds is 3. The number of benzene rings is 1. The molecule has 0 aromatic heterocycles. The number of anilines is 1. The highest BCUT2D eigenvalue weighted by molar-refractivity contribution is 7.99. The molecule has 2 atom stereocenters. The van der Waals surface area contributed by atoms with Crippen molar-refractivity contribution in [3.8, 4) is 0 Å². The first-order valence-corrected chi connectivity index (χ1v) is 8.75. The van der Waals surface area contributed by atoms with Gasteiger partial charge in [-0.15, -0.1) is 12.4 Å². The van der Waals surface area contributed by atoms with Crippen LogP contribution in [0.5, 0.6) is 0 Å². The number of hydrogen-bond donors (Lipinski definition) is 2. The van der Waals surface area contributed by atoms with Crippen LogP contribution in [-0.4, -0.2) is 30.0 Å². The van der Waals surface area contributed by atoms with Crippen LogP contribution in [0.1, 0.15) is 41.6 Å². The second kappa shape index (κ2) is 7.41. The Balaban J connectivity index is 0.00000161. The Kier molecular flexibility index (Phi) is 5.82. The van der Waals surface area contributed by atoms with E-state index < -0.39 is 0 Å². The molecule has 1 saturated carbocycles. The quantitative estimate of drug-likeness (QED) is 0.893. The third-order valence-corrected chi connectivity index (χ3v) is 5.47.